The minimum absolute atomic E-state index is 0.0493. The number of hydrogen-bond acceptors (Lipinski definition) is 5. The molecule has 0 fully saturated rings. The zero-order valence-electron chi connectivity index (χ0n) is 11.5. The summed E-state index contributed by atoms with van der Waals surface area (Å²) in [6.07, 6.45) is 1.01. The Morgan fingerprint density at radius 1 is 1.10 bits per heavy atom. The maximum atomic E-state index is 9.24. The molecule has 6 heteroatoms. The van der Waals surface area contributed by atoms with Crippen molar-refractivity contribution in [3.05, 3.63) is 36.2 Å². The predicted octanol–water partition coefficient (Wildman–Crippen LogP) is 3.06. The van der Waals surface area contributed by atoms with Crippen molar-refractivity contribution in [2.24, 2.45) is 0 Å². The van der Waals surface area contributed by atoms with Crippen LogP contribution >= 0.6 is 23.5 Å². The molecule has 0 amide bonds. The Morgan fingerprint density at radius 2 is 1.85 bits per heavy atom. The normalized spacial score (nSPS) is 10.9. The first-order valence-corrected chi connectivity index (χ1v) is 8.66. The number of aliphatic hydroxyl groups is 1. The van der Waals surface area contributed by atoms with Gasteiger partial charge in [-0.2, -0.15) is 0 Å². The zero-order chi connectivity index (χ0) is 14.2. The Balaban J connectivity index is 1.83. The van der Waals surface area contributed by atoms with E-state index in [4.69, 9.17) is 0 Å². The molecule has 0 saturated heterocycles. The smallest absolute Gasteiger partial charge is 0.191 e. The molecule has 0 bridgehead atoms. The van der Waals surface area contributed by atoms with Crippen LogP contribution in [-0.4, -0.2) is 31.4 Å². The van der Waals surface area contributed by atoms with E-state index in [9.17, 15) is 5.11 Å². The van der Waals surface area contributed by atoms with Crippen molar-refractivity contribution in [2.75, 3.05) is 11.5 Å². The average molecular weight is 309 g/mol. The van der Waals surface area contributed by atoms with Gasteiger partial charge in [-0.3, -0.25) is 0 Å². The Labute approximate surface area is 128 Å². The maximum absolute atomic E-state index is 9.24. The summed E-state index contributed by atoms with van der Waals surface area (Å²) in [5, 5.41) is 18.3. The van der Waals surface area contributed by atoms with Gasteiger partial charge in [0.2, 0.25) is 0 Å². The molecule has 20 heavy (non-hydrogen) atoms. The van der Waals surface area contributed by atoms with Crippen molar-refractivity contribution < 1.29 is 5.11 Å². The lowest BCUT2D eigenvalue weighted by Crippen LogP contribution is -2.05. The van der Waals surface area contributed by atoms with Crippen LogP contribution in [0.1, 0.15) is 19.2 Å². The van der Waals surface area contributed by atoms with E-state index >= 15 is 0 Å². The molecule has 0 atom stereocenters. The standard InChI is InChI=1S/C14H19N3OS2/c1-2-8-17-13(11-18)15-16-14(17)20-10-9-19-12-6-4-3-5-7-12/h3-7,18H,2,8-11H2,1H3. The molecule has 1 heterocycles. The highest BCUT2D eigenvalue weighted by molar-refractivity contribution is 8.02. The van der Waals surface area contributed by atoms with Crippen LogP contribution in [0.5, 0.6) is 0 Å². The van der Waals surface area contributed by atoms with Gasteiger partial charge in [0.05, 0.1) is 0 Å². The van der Waals surface area contributed by atoms with Crippen LogP contribution in [0.15, 0.2) is 40.4 Å². The highest BCUT2D eigenvalue weighted by Gasteiger charge is 2.10. The van der Waals surface area contributed by atoms with Crippen LogP contribution in [0, 0.1) is 0 Å². The molecular weight excluding hydrogens is 290 g/mol. The predicted molar refractivity (Wildman–Crippen MR) is 84.1 cm³/mol. The summed E-state index contributed by atoms with van der Waals surface area (Å²) in [6, 6.07) is 10.4. The van der Waals surface area contributed by atoms with E-state index in [0.29, 0.717) is 5.82 Å². The lowest BCUT2D eigenvalue weighted by molar-refractivity contribution is 0.263. The molecule has 0 aliphatic rings. The number of benzene rings is 1. The van der Waals surface area contributed by atoms with E-state index < -0.39 is 0 Å². The minimum Gasteiger partial charge on any atom is -0.388 e. The Kier molecular flexibility index (Phi) is 6.42. The third-order valence-corrected chi connectivity index (χ3v) is 4.95. The van der Waals surface area contributed by atoms with Crippen molar-refractivity contribution in [1.82, 2.24) is 14.8 Å². The second-order valence-corrected chi connectivity index (χ2v) is 6.45. The molecule has 0 unspecified atom stereocenters. The summed E-state index contributed by atoms with van der Waals surface area (Å²) in [5.41, 5.74) is 0. The number of nitrogens with zero attached hydrogens (tertiary/aromatic N) is 3. The largest absolute Gasteiger partial charge is 0.388 e. The second kappa shape index (κ2) is 8.34. The van der Waals surface area contributed by atoms with E-state index in [1.165, 1.54) is 4.90 Å². The van der Waals surface area contributed by atoms with E-state index in [1.54, 1.807) is 11.8 Å². The summed E-state index contributed by atoms with van der Waals surface area (Å²) in [6.45, 7) is 2.92. The molecule has 2 aromatic rings. The van der Waals surface area contributed by atoms with Crippen LogP contribution < -0.4 is 0 Å². The number of hydrogen-bond donors (Lipinski definition) is 1. The lowest BCUT2D eigenvalue weighted by atomic mass is 10.4. The van der Waals surface area contributed by atoms with Crippen molar-refractivity contribution >= 4 is 23.5 Å². The first kappa shape index (κ1) is 15.4. The fourth-order valence-electron chi connectivity index (χ4n) is 1.80. The Morgan fingerprint density at radius 3 is 2.55 bits per heavy atom. The highest BCUT2D eigenvalue weighted by atomic mass is 32.2. The van der Waals surface area contributed by atoms with Gasteiger partial charge in [-0.25, -0.2) is 0 Å². The number of aromatic nitrogens is 3. The van der Waals surface area contributed by atoms with Crippen LogP contribution in [0.25, 0.3) is 0 Å². The summed E-state index contributed by atoms with van der Waals surface area (Å²) < 4.78 is 2.01. The average Bonchev–Trinajstić information content (AvgIpc) is 2.87. The molecular formula is C14H19N3OS2. The van der Waals surface area contributed by atoms with Crippen LogP contribution in [-0.2, 0) is 13.2 Å². The SMILES string of the molecule is CCCn1c(CO)nnc1SCCSc1ccccc1. The van der Waals surface area contributed by atoms with Crippen molar-refractivity contribution in [1.29, 1.82) is 0 Å². The molecule has 1 aromatic carbocycles. The fourth-order valence-corrected chi connectivity index (χ4v) is 3.69. The molecule has 4 nitrogen and oxygen atoms in total. The molecule has 2 rings (SSSR count). The van der Waals surface area contributed by atoms with E-state index in [2.05, 4.69) is 41.4 Å². The number of aliphatic hydroxyl groups excluding tert-OH is 1. The summed E-state index contributed by atoms with van der Waals surface area (Å²) in [4.78, 5) is 1.29. The molecule has 108 valence electrons. The van der Waals surface area contributed by atoms with Crippen LogP contribution in [0.3, 0.4) is 0 Å². The van der Waals surface area contributed by atoms with E-state index in [1.807, 2.05) is 22.4 Å². The van der Waals surface area contributed by atoms with Crippen molar-refractivity contribution in [2.45, 2.75) is 36.5 Å². The molecule has 1 aromatic heterocycles. The summed E-state index contributed by atoms with van der Waals surface area (Å²) in [5.74, 6) is 2.67. The quantitative estimate of drug-likeness (QED) is 0.600. The van der Waals surface area contributed by atoms with Crippen molar-refractivity contribution in [3.8, 4) is 0 Å². The van der Waals surface area contributed by atoms with Crippen LogP contribution in [0.2, 0.25) is 0 Å². The maximum Gasteiger partial charge on any atom is 0.191 e. The van der Waals surface area contributed by atoms with Crippen molar-refractivity contribution in [3.63, 3.8) is 0 Å². The van der Waals surface area contributed by atoms with Gasteiger partial charge in [-0.05, 0) is 18.6 Å². The number of thioether (sulfide) groups is 2. The molecule has 1 N–H and O–H groups in total. The first-order chi connectivity index (χ1) is 9.85. The van der Waals surface area contributed by atoms with Gasteiger partial charge in [0.15, 0.2) is 11.0 Å². The summed E-state index contributed by atoms with van der Waals surface area (Å²) >= 11 is 3.54. The Bertz CT molecular complexity index is 516. The molecule has 0 spiro atoms. The van der Waals surface area contributed by atoms with E-state index in [0.717, 1.165) is 29.6 Å². The summed E-state index contributed by atoms with van der Waals surface area (Å²) in [7, 11) is 0. The monoisotopic (exact) mass is 309 g/mol. The third kappa shape index (κ3) is 4.26. The Hall–Kier alpha value is -0.980. The lowest BCUT2D eigenvalue weighted by Gasteiger charge is -2.07. The van der Waals surface area contributed by atoms with Gasteiger partial charge >= 0.3 is 0 Å². The van der Waals surface area contributed by atoms with Gasteiger partial charge in [0, 0.05) is 22.9 Å². The molecule has 0 radical (unpaired) electrons. The van der Waals surface area contributed by atoms with Gasteiger partial charge in [0.1, 0.15) is 6.61 Å². The fraction of sp³-hybridized carbons (Fsp3) is 0.429. The molecule has 0 aliphatic heterocycles. The van der Waals surface area contributed by atoms with E-state index in [-0.39, 0.29) is 6.61 Å². The third-order valence-electron chi connectivity index (χ3n) is 2.71. The van der Waals surface area contributed by atoms with Gasteiger partial charge in [-0.1, -0.05) is 36.9 Å². The molecule has 0 aliphatic carbocycles. The molecule has 0 saturated carbocycles. The van der Waals surface area contributed by atoms with Gasteiger partial charge < -0.3 is 9.67 Å². The van der Waals surface area contributed by atoms with Crippen LogP contribution in [0.4, 0.5) is 0 Å². The topological polar surface area (TPSA) is 50.9 Å². The highest BCUT2D eigenvalue weighted by Crippen LogP contribution is 2.22. The minimum atomic E-state index is -0.0493. The number of rotatable bonds is 8. The van der Waals surface area contributed by atoms with Gasteiger partial charge in [0.25, 0.3) is 0 Å². The first-order valence-electron chi connectivity index (χ1n) is 6.68. The van der Waals surface area contributed by atoms with Gasteiger partial charge in [-0.15, -0.1) is 22.0 Å². The zero-order valence-corrected chi connectivity index (χ0v) is 13.2. The second-order valence-electron chi connectivity index (χ2n) is 4.22.